The van der Waals surface area contributed by atoms with Crippen molar-refractivity contribution in [1.82, 2.24) is 34.7 Å². The van der Waals surface area contributed by atoms with Crippen molar-refractivity contribution in [2.75, 3.05) is 26.1 Å². The predicted octanol–water partition coefficient (Wildman–Crippen LogP) is 2.38. The molecule has 0 aromatic carbocycles. The fraction of sp³-hybridized carbons (Fsp3) is 0.500. The molecule has 16 heteroatoms. The molecular weight excluding hydrogens is 519 g/mol. The van der Waals surface area contributed by atoms with Gasteiger partial charge in [-0.05, 0) is 26.2 Å². The summed E-state index contributed by atoms with van der Waals surface area (Å²) in [6, 6.07) is 0. The van der Waals surface area contributed by atoms with Crippen LogP contribution in [0.15, 0.2) is 18.7 Å². The summed E-state index contributed by atoms with van der Waals surface area (Å²) < 4.78 is 62.1. The third-order valence-electron chi connectivity index (χ3n) is 5.87. The molecule has 3 heterocycles. The van der Waals surface area contributed by atoms with Gasteiger partial charge in [-0.15, -0.1) is 10.2 Å². The van der Waals surface area contributed by atoms with E-state index >= 15 is 4.39 Å². The molecule has 1 aliphatic rings. The molecule has 0 amide bonds. The quantitative estimate of drug-likeness (QED) is 0.401. The second kappa shape index (κ2) is 10.1. The number of nitrogens with one attached hydrogen (secondary N) is 1. The average Bonchev–Trinajstić information content (AvgIpc) is 3.25. The summed E-state index contributed by atoms with van der Waals surface area (Å²) in [5, 5.41) is 7.01. The monoisotopic (exact) mass is 542 g/mol. The molecule has 0 bridgehead atoms. The van der Waals surface area contributed by atoms with Crippen LogP contribution in [0, 0.1) is 0 Å². The number of sulfonamides is 1. The van der Waals surface area contributed by atoms with E-state index in [2.05, 4.69) is 34.9 Å². The Morgan fingerprint density at radius 3 is 2.19 bits per heavy atom. The lowest BCUT2D eigenvalue weighted by molar-refractivity contribution is 0.0486. The van der Waals surface area contributed by atoms with Crippen LogP contribution >= 0.6 is 11.6 Å². The number of aromatic nitrogens is 7. The molecule has 0 spiro atoms. The fourth-order valence-corrected chi connectivity index (χ4v) is 4.99. The van der Waals surface area contributed by atoms with Gasteiger partial charge in [0.15, 0.2) is 23.0 Å². The van der Waals surface area contributed by atoms with Crippen LogP contribution in [0.4, 0.5) is 10.3 Å². The van der Waals surface area contributed by atoms with E-state index in [1.807, 2.05) is 0 Å². The van der Waals surface area contributed by atoms with E-state index in [9.17, 15) is 8.42 Å². The van der Waals surface area contributed by atoms with Crippen LogP contribution in [-0.4, -0.2) is 69.7 Å². The number of hydrogen-bond donors (Lipinski definition) is 1. The summed E-state index contributed by atoms with van der Waals surface area (Å²) in [5.41, 5.74) is -1.79. The van der Waals surface area contributed by atoms with Crippen molar-refractivity contribution in [3.8, 4) is 17.4 Å². The smallest absolute Gasteiger partial charge is 0.245 e. The van der Waals surface area contributed by atoms with E-state index in [-0.39, 0.29) is 52.9 Å². The van der Waals surface area contributed by atoms with E-state index in [0.29, 0.717) is 6.42 Å². The highest BCUT2D eigenvalue weighted by Gasteiger charge is 2.46. The maximum Gasteiger partial charge on any atom is 0.245 e. The van der Waals surface area contributed by atoms with Gasteiger partial charge in [0, 0.05) is 19.5 Å². The van der Waals surface area contributed by atoms with E-state index < -0.39 is 27.0 Å². The van der Waals surface area contributed by atoms with Crippen LogP contribution in [0.1, 0.15) is 43.9 Å². The maximum absolute atomic E-state index is 15.6. The van der Waals surface area contributed by atoms with Crippen molar-refractivity contribution >= 4 is 27.6 Å². The first kappa shape index (κ1) is 25.9. The van der Waals surface area contributed by atoms with Crippen molar-refractivity contribution in [2.45, 2.75) is 43.2 Å². The molecule has 1 aliphatic carbocycles. The molecule has 1 saturated carbocycles. The van der Waals surface area contributed by atoms with Gasteiger partial charge in [-0.1, -0.05) is 11.6 Å². The summed E-state index contributed by atoms with van der Waals surface area (Å²) in [7, 11) is -0.196. The Morgan fingerprint density at radius 2 is 1.69 bits per heavy atom. The lowest BCUT2D eigenvalue weighted by atomic mass is 9.81. The molecule has 194 valence electrons. The Labute approximate surface area is 211 Å². The SMILES string of the molecule is COc1ncnc(OC)c1-n1c(NS(=O)(=O)[C@@H](C)[C@H](OC)c2ncc(Cl)cn2)nnc1C1(F)CCC1. The molecule has 3 aromatic rings. The summed E-state index contributed by atoms with van der Waals surface area (Å²) in [4.78, 5) is 16.2. The van der Waals surface area contributed by atoms with Gasteiger partial charge in [0.05, 0.1) is 19.2 Å². The van der Waals surface area contributed by atoms with Gasteiger partial charge in [-0.2, -0.15) is 9.97 Å². The molecule has 2 atom stereocenters. The van der Waals surface area contributed by atoms with Crippen molar-refractivity contribution in [3.63, 3.8) is 0 Å². The summed E-state index contributed by atoms with van der Waals surface area (Å²) >= 11 is 5.84. The summed E-state index contributed by atoms with van der Waals surface area (Å²) in [5.74, 6) is -0.319. The Bertz CT molecular complexity index is 1310. The number of halogens is 2. The molecule has 4 rings (SSSR count). The minimum Gasteiger partial charge on any atom is -0.479 e. The van der Waals surface area contributed by atoms with Crippen molar-refractivity contribution in [2.24, 2.45) is 0 Å². The molecular formula is C20H24ClFN8O5S. The van der Waals surface area contributed by atoms with Crippen LogP contribution in [0.2, 0.25) is 5.02 Å². The Kier molecular flexibility index (Phi) is 7.24. The number of hydrogen-bond acceptors (Lipinski definition) is 11. The predicted molar refractivity (Wildman–Crippen MR) is 125 cm³/mol. The first-order valence-corrected chi connectivity index (χ1v) is 12.7. The highest BCUT2D eigenvalue weighted by molar-refractivity contribution is 7.93. The van der Waals surface area contributed by atoms with E-state index in [0.717, 1.165) is 0 Å². The van der Waals surface area contributed by atoms with Crippen molar-refractivity contribution in [3.05, 3.63) is 35.4 Å². The second-order valence-corrected chi connectivity index (χ2v) is 10.5. The van der Waals surface area contributed by atoms with Gasteiger partial charge in [0.25, 0.3) is 0 Å². The third kappa shape index (κ3) is 4.65. The number of anilines is 1. The normalized spacial score (nSPS) is 16.6. The van der Waals surface area contributed by atoms with E-state index in [1.165, 1.54) is 51.5 Å². The zero-order chi connectivity index (χ0) is 26.1. The van der Waals surface area contributed by atoms with Crippen LogP contribution in [-0.2, 0) is 20.4 Å². The van der Waals surface area contributed by atoms with Gasteiger partial charge < -0.3 is 14.2 Å². The molecule has 13 nitrogen and oxygen atoms in total. The zero-order valence-corrected chi connectivity index (χ0v) is 21.4. The van der Waals surface area contributed by atoms with Crippen LogP contribution in [0.25, 0.3) is 5.69 Å². The van der Waals surface area contributed by atoms with Crippen molar-refractivity contribution in [1.29, 1.82) is 0 Å². The van der Waals surface area contributed by atoms with Crippen LogP contribution in [0.5, 0.6) is 11.8 Å². The van der Waals surface area contributed by atoms with E-state index in [4.69, 9.17) is 25.8 Å². The van der Waals surface area contributed by atoms with Gasteiger partial charge in [-0.25, -0.2) is 22.8 Å². The maximum atomic E-state index is 15.6. The van der Waals surface area contributed by atoms with Gasteiger partial charge in [-0.3, -0.25) is 9.29 Å². The van der Waals surface area contributed by atoms with Gasteiger partial charge >= 0.3 is 0 Å². The summed E-state index contributed by atoms with van der Waals surface area (Å²) in [6.45, 7) is 1.41. The first-order valence-electron chi connectivity index (χ1n) is 10.7. The largest absolute Gasteiger partial charge is 0.479 e. The second-order valence-electron chi connectivity index (χ2n) is 8.01. The highest BCUT2D eigenvalue weighted by Crippen LogP contribution is 2.47. The van der Waals surface area contributed by atoms with Crippen LogP contribution in [0.3, 0.4) is 0 Å². The number of nitrogens with zero attached hydrogens (tertiary/aromatic N) is 7. The number of ether oxygens (including phenoxy) is 3. The van der Waals surface area contributed by atoms with E-state index in [1.54, 1.807) is 0 Å². The third-order valence-corrected chi connectivity index (χ3v) is 7.76. The first-order chi connectivity index (χ1) is 17.1. The molecule has 1 N–H and O–H groups in total. The average molecular weight is 543 g/mol. The van der Waals surface area contributed by atoms with Crippen LogP contribution < -0.4 is 14.2 Å². The topological polar surface area (TPSA) is 156 Å². The highest BCUT2D eigenvalue weighted by atomic mass is 35.5. The summed E-state index contributed by atoms with van der Waals surface area (Å²) in [6.07, 6.45) is 3.81. The Morgan fingerprint density at radius 1 is 1.08 bits per heavy atom. The minimum absolute atomic E-state index is 0.00338. The molecule has 1 fully saturated rings. The minimum atomic E-state index is -4.23. The lowest BCUT2D eigenvalue weighted by Crippen LogP contribution is -2.35. The number of methoxy groups -OCH3 is 3. The van der Waals surface area contributed by atoms with Gasteiger partial charge in [0.1, 0.15) is 17.7 Å². The lowest BCUT2D eigenvalue weighted by Gasteiger charge is -2.33. The van der Waals surface area contributed by atoms with Crippen molar-refractivity contribution < 1.29 is 27.0 Å². The molecule has 0 aliphatic heterocycles. The molecule has 3 aromatic heterocycles. The number of rotatable bonds is 10. The molecule has 0 radical (unpaired) electrons. The standard InChI is InChI=1S/C20H24ClFN8O5S/c1-11(14(33-2)15-23-8-12(21)9-24-15)36(31,32)29-19-28-27-18(20(22)6-5-7-20)30(19)13-16(34-3)25-10-26-17(13)35-4/h8-11,14H,5-7H2,1-4H3,(H,28,29)/t11-,14-/m0/s1. The number of alkyl halides is 1. The molecule has 36 heavy (non-hydrogen) atoms. The Hall–Kier alpha value is -3.17. The van der Waals surface area contributed by atoms with Gasteiger partial charge in [0.2, 0.25) is 27.7 Å². The fourth-order valence-electron chi connectivity index (χ4n) is 3.76. The molecule has 0 saturated heterocycles. The zero-order valence-electron chi connectivity index (χ0n) is 19.8. The molecule has 0 unspecified atom stereocenters. The Balaban J connectivity index is 1.79.